The quantitative estimate of drug-likeness (QED) is 0.304. The lowest BCUT2D eigenvalue weighted by Gasteiger charge is -2.54. The number of piperazine rings is 1. The SMILES string of the molecule is C=CCN1CC(=O)N2[C@@H](Cc3ccc(O)cc3)C(=O)N(Cc3ccccc3Sc3ccc(Cl)cc3)C[C@@H]2N1C=O. The summed E-state index contributed by atoms with van der Waals surface area (Å²) in [5.74, 6) is -0.290. The lowest BCUT2D eigenvalue weighted by molar-refractivity contribution is -0.199. The van der Waals surface area contributed by atoms with Gasteiger partial charge in [0, 0.05) is 34.3 Å². The van der Waals surface area contributed by atoms with Crippen molar-refractivity contribution in [1.29, 1.82) is 0 Å². The van der Waals surface area contributed by atoms with Crippen LogP contribution in [0.3, 0.4) is 0 Å². The number of hydrazine groups is 1. The molecule has 3 aromatic rings. The lowest BCUT2D eigenvalue weighted by Crippen LogP contribution is -2.74. The molecule has 8 nitrogen and oxygen atoms in total. The number of carbonyl (C=O) groups is 3. The molecule has 2 saturated heterocycles. The molecule has 2 heterocycles. The van der Waals surface area contributed by atoms with Crippen molar-refractivity contribution >= 4 is 41.6 Å². The first kappa shape index (κ1) is 27.8. The summed E-state index contributed by atoms with van der Waals surface area (Å²) in [4.78, 5) is 45.0. The lowest BCUT2D eigenvalue weighted by atomic mass is 9.98. The number of hydrogen-bond donors (Lipinski definition) is 1. The van der Waals surface area contributed by atoms with Crippen molar-refractivity contribution in [3.05, 3.63) is 102 Å². The molecule has 0 radical (unpaired) electrons. The van der Waals surface area contributed by atoms with Crippen molar-refractivity contribution in [1.82, 2.24) is 19.8 Å². The van der Waals surface area contributed by atoms with Crippen LogP contribution in [0.5, 0.6) is 5.75 Å². The predicted octanol–water partition coefficient (Wildman–Crippen LogP) is 4.18. The maximum atomic E-state index is 14.0. The number of halogens is 1. The molecule has 0 unspecified atom stereocenters. The topological polar surface area (TPSA) is 84.4 Å². The van der Waals surface area contributed by atoms with Gasteiger partial charge in [-0.05, 0) is 53.6 Å². The molecule has 10 heteroatoms. The van der Waals surface area contributed by atoms with E-state index in [1.807, 2.05) is 48.5 Å². The van der Waals surface area contributed by atoms with Crippen LogP contribution in [0.25, 0.3) is 0 Å². The molecule has 2 fully saturated rings. The highest BCUT2D eigenvalue weighted by Gasteiger charge is 2.49. The van der Waals surface area contributed by atoms with Gasteiger partial charge in [0.05, 0.1) is 13.1 Å². The van der Waals surface area contributed by atoms with E-state index < -0.39 is 12.2 Å². The van der Waals surface area contributed by atoms with Gasteiger partial charge in [-0.15, -0.1) is 6.58 Å². The van der Waals surface area contributed by atoms with E-state index in [9.17, 15) is 19.5 Å². The molecule has 0 bridgehead atoms. The van der Waals surface area contributed by atoms with Crippen LogP contribution in [-0.4, -0.2) is 75.0 Å². The number of nitrogens with zero attached hydrogens (tertiary/aromatic N) is 4. The Hall–Kier alpha value is -3.79. The van der Waals surface area contributed by atoms with Gasteiger partial charge in [-0.25, -0.2) is 5.01 Å². The molecule has 3 amide bonds. The molecule has 40 heavy (non-hydrogen) atoms. The standard InChI is InChI=1S/C30H29ClN4O4S/c1-2-15-33-19-29(38)35-26(16-21-7-11-24(37)12-8-21)30(39)32(18-28(35)34(33)20-36)17-22-5-3-4-6-27(22)40-25-13-9-23(31)10-14-25/h2-14,20,26,28,37H,1,15-19H2/t26-,28+/m0/s1. The molecule has 0 saturated carbocycles. The summed E-state index contributed by atoms with van der Waals surface area (Å²) < 4.78 is 0. The van der Waals surface area contributed by atoms with Crippen LogP contribution < -0.4 is 0 Å². The van der Waals surface area contributed by atoms with Gasteiger partial charge >= 0.3 is 0 Å². The maximum absolute atomic E-state index is 14.0. The van der Waals surface area contributed by atoms with E-state index in [1.165, 1.54) is 5.01 Å². The number of fused-ring (bicyclic) bond motifs is 1. The Balaban J connectivity index is 1.47. The van der Waals surface area contributed by atoms with Crippen LogP contribution in [0, 0.1) is 0 Å². The monoisotopic (exact) mass is 576 g/mol. The molecule has 0 aromatic heterocycles. The van der Waals surface area contributed by atoms with E-state index >= 15 is 0 Å². The van der Waals surface area contributed by atoms with E-state index in [0.717, 1.165) is 20.9 Å². The number of amides is 3. The molecule has 0 spiro atoms. The molecule has 5 rings (SSSR count). The van der Waals surface area contributed by atoms with Crippen LogP contribution in [0.15, 0.2) is 95.2 Å². The van der Waals surface area contributed by atoms with Crippen molar-refractivity contribution in [3.8, 4) is 5.75 Å². The highest BCUT2D eigenvalue weighted by molar-refractivity contribution is 7.99. The smallest absolute Gasteiger partial charge is 0.246 e. The van der Waals surface area contributed by atoms with Crippen molar-refractivity contribution in [2.24, 2.45) is 0 Å². The molecule has 2 aliphatic rings. The minimum Gasteiger partial charge on any atom is -0.508 e. The highest BCUT2D eigenvalue weighted by Crippen LogP contribution is 2.34. The predicted molar refractivity (Wildman–Crippen MR) is 153 cm³/mol. The van der Waals surface area contributed by atoms with E-state index in [0.29, 0.717) is 24.5 Å². The molecular formula is C30H29ClN4O4S. The first-order chi connectivity index (χ1) is 19.4. The number of phenolic OH excluding ortho intramolecular Hbond substituents is 1. The second kappa shape index (κ2) is 12.2. The fourth-order valence-corrected chi connectivity index (χ4v) is 6.23. The van der Waals surface area contributed by atoms with Crippen LogP contribution in [0.2, 0.25) is 5.02 Å². The van der Waals surface area contributed by atoms with Crippen LogP contribution >= 0.6 is 23.4 Å². The first-order valence-corrected chi connectivity index (χ1v) is 14.1. The summed E-state index contributed by atoms with van der Waals surface area (Å²) in [5, 5.41) is 13.5. The summed E-state index contributed by atoms with van der Waals surface area (Å²) in [6.07, 6.45) is 1.95. The van der Waals surface area contributed by atoms with Crippen molar-refractivity contribution < 1.29 is 19.5 Å². The van der Waals surface area contributed by atoms with E-state index in [4.69, 9.17) is 11.6 Å². The number of rotatable bonds is 9. The third kappa shape index (κ3) is 5.86. The van der Waals surface area contributed by atoms with Gasteiger partial charge in [0.2, 0.25) is 18.2 Å². The zero-order valence-electron chi connectivity index (χ0n) is 21.7. The summed E-state index contributed by atoms with van der Waals surface area (Å²) in [5.41, 5.74) is 1.75. The van der Waals surface area contributed by atoms with Gasteiger partial charge in [0.15, 0.2) is 0 Å². The molecular weight excluding hydrogens is 548 g/mol. The zero-order chi connectivity index (χ0) is 28.2. The van der Waals surface area contributed by atoms with E-state index in [2.05, 4.69) is 6.58 Å². The Morgan fingerprint density at radius 2 is 1.75 bits per heavy atom. The first-order valence-electron chi connectivity index (χ1n) is 12.9. The second-order valence-electron chi connectivity index (χ2n) is 9.67. The minimum atomic E-state index is -0.805. The van der Waals surface area contributed by atoms with Gasteiger partial charge in [-0.2, -0.15) is 0 Å². The maximum Gasteiger partial charge on any atom is 0.246 e. The van der Waals surface area contributed by atoms with E-state index in [1.54, 1.807) is 56.9 Å². The molecule has 2 atom stereocenters. The second-order valence-corrected chi connectivity index (χ2v) is 11.2. The summed E-state index contributed by atoms with van der Waals surface area (Å²) in [6.45, 7) is 4.54. The normalized spacial score (nSPS) is 19.5. The Morgan fingerprint density at radius 1 is 1.02 bits per heavy atom. The van der Waals surface area contributed by atoms with Crippen LogP contribution in [-0.2, 0) is 27.3 Å². The fraction of sp³-hybridized carbons (Fsp3) is 0.233. The molecule has 2 aliphatic heterocycles. The van der Waals surface area contributed by atoms with Crippen LogP contribution in [0.4, 0.5) is 0 Å². The van der Waals surface area contributed by atoms with Gasteiger partial charge in [-0.1, -0.05) is 59.8 Å². The van der Waals surface area contributed by atoms with Gasteiger partial charge in [0.25, 0.3) is 0 Å². The van der Waals surface area contributed by atoms with Gasteiger partial charge < -0.3 is 14.9 Å². The fourth-order valence-electron chi connectivity index (χ4n) is 5.17. The van der Waals surface area contributed by atoms with Crippen molar-refractivity contribution in [3.63, 3.8) is 0 Å². The van der Waals surface area contributed by atoms with Crippen molar-refractivity contribution in [2.45, 2.75) is 35.0 Å². The molecule has 206 valence electrons. The number of aromatic hydroxyl groups is 1. The van der Waals surface area contributed by atoms with Gasteiger partial charge in [-0.3, -0.25) is 19.4 Å². The van der Waals surface area contributed by atoms with Gasteiger partial charge in [0.1, 0.15) is 18.0 Å². The minimum absolute atomic E-state index is 0.0266. The van der Waals surface area contributed by atoms with Crippen LogP contribution in [0.1, 0.15) is 11.1 Å². The number of phenols is 1. The summed E-state index contributed by atoms with van der Waals surface area (Å²) >= 11 is 7.64. The highest BCUT2D eigenvalue weighted by atomic mass is 35.5. The Bertz CT molecular complexity index is 1400. The summed E-state index contributed by atoms with van der Waals surface area (Å²) in [7, 11) is 0. The molecule has 3 aromatic carbocycles. The van der Waals surface area contributed by atoms with E-state index in [-0.39, 0.29) is 37.1 Å². The van der Waals surface area contributed by atoms with Crippen molar-refractivity contribution in [2.75, 3.05) is 19.6 Å². The molecule has 1 N–H and O–H groups in total. The molecule has 0 aliphatic carbocycles. The third-order valence-electron chi connectivity index (χ3n) is 7.06. The largest absolute Gasteiger partial charge is 0.508 e. The zero-order valence-corrected chi connectivity index (χ0v) is 23.3. The average molecular weight is 577 g/mol. The Morgan fingerprint density at radius 3 is 2.45 bits per heavy atom. The Kier molecular flexibility index (Phi) is 8.44. The number of carbonyl (C=O) groups excluding carboxylic acids is 3. The Labute approximate surface area is 242 Å². The number of benzene rings is 3. The number of hydrogen-bond acceptors (Lipinski definition) is 6. The average Bonchev–Trinajstić information content (AvgIpc) is 2.94. The summed E-state index contributed by atoms with van der Waals surface area (Å²) in [6, 6.07) is 21.3. The third-order valence-corrected chi connectivity index (χ3v) is 8.44.